The Kier molecular flexibility index (Phi) is 5.12. The van der Waals surface area contributed by atoms with E-state index in [4.69, 9.17) is 15.6 Å². The van der Waals surface area contributed by atoms with Crippen LogP contribution in [0.15, 0.2) is 29.2 Å². The van der Waals surface area contributed by atoms with Crippen molar-refractivity contribution in [1.29, 1.82) is 0 Å². The third kappa shape index (κ3) is 4.43. The van der Waals surface area contributed by atoms with Gasteiger partial charge in [-0.05, 0) is 43.4 Å². The predicted octanol–water partition coefficient (Wildman–Crippen LogP) is 1.89. The molecule has 0 aliphatic carbocycles. The van der Waals surface area contributed by atoms with E-state index >= 15 is 0 Å². The SMILES string of the molecule is COc1ccc(SCCC(C)(N)CO)cc1. The van der Waals surface area contributed by atoms with Gasteiger partial charge in [-0.2, -0.15) is 0 Å². The van der Waals surface area contributed by atoms with E-state index < -0.39 is 5.54 Å². The van der Waals surface area contributed by atoms with E-state index in [1.807, 2.05) is 31.2 Å². The standard InChI is InChI=1S/C12H19NO2S/c1-12(13,9-14)7-8-16-11-5-3-10(15-2)4-6-11/h3-6,14H,7-9,13H2,1-2H3. The Morgan fingerprint density at radius 1 is 1.38 bits per heavy atom. The highest BCUT2D eigenvalue weighted by Gasteiger charge is 2.16. The molecule has 16 heavy (non-hydrogen) atoms. The van der Waals surface area contributed by atoms with E-state index in [-0.39, 0.29) is 6.61 Å². The predicted molar refractivity (Wildman–Crippen MR) is 68.0 cm³/mol. The van der Waals surface area contributed by atoms with Crippen LogP contribution in [-0.2, 0) is 0 Å². The lowest BCUT2D eigenvalue weighted by atomic mass is 10.0. The van der Waals surface area contributed by atoms with Gasteiger partial charge in [0.1, 0.15) is 5.75 Å². The van der Waals surface area contributed by atoms with Crippen LogP contribution in [0.4, 0.5) is 0 Å². The first-order valence-corrected chi connectivity index (χ1v) is 6.22. The van der Waals surface area contributed by atoms with E-state index in [1.54, 1.807) is 18.9 Å². The van der Waals surface area contributed by atoms with Crippen molar-refractivity contribution in [2.24, 2.45) is 5.73 Å². The number of nitrogens with two attached hydrogens (primary N) is 1. The summed E-state index contributed by atoms with van der Waals surface area (Å²) in [6, 6.07) is 7.93. The van der Waals surface area contributed by atoms with Crippen LogP contribution in [0, 0.1) is 0 Å². The number of aliphatic hydroxyl groups excluding tert-OH is 1. The Hall–Kier alpha value is -0.710. The lowest BCUT2D eigenvalue weighted by Crippen LogP contribution is -2.40. The second-order valence-corrected chi connectivity index (χ2v) is 5.25. The molecule has 0 amide bonds. The third-order valence-electron chi connectivity index (χ3n) is 2.36. The number of benzene rings is 1. The summed E-state index contributed by atoms with van der Waals surface area (Å²) in [5.41, 5.74) is 5.37. The molecule has 0 aliphatic heterocycles. The molecule has 1 aromatic carbocycles. The van der Waals surface area contributed by atoms with Crippen LogP contribution >= 0.6 is 11.8 Å². The number of ether oxygens (including phenoxy) is 1. The Balaban J connectivity index is 2.37. The van der Waals surface area contributed by atoms with Crippen LogP contribution in [0.2, 0.25) is 0 Å². The molecule has 0 fully saturated rings. The number of thioether (sulfide) groups is 1. The minimum Gasteiger partial charge on any atom is -0.497 e. The van der Waals surface area contributed by atoms with Gasteiger partial charge < -0.3 is 15.6 Å². The van der Waals surface area contributed by atoms with Crippen molar-refractivity contribution in [3.63, 3.8) is 0 Å². The number of aliphatic hydroxyl groups is 1. The lowest BCUT2D eigenvalue weighted by molar-refractivity contribution is 0.206. The minimum absolute atomic E-state index is 0.0240. The summed E-state index contributed by atoms with van der Waals surface area (Å²) in [5.74, 6) is 1.77. The van der Waals surface area contributed by atoms with Gasteiger partial charge in [0.25, 0.3) is 0 Å². The van der Waals surface area contributed by atoms with Gasteiger partial charge in [0.05, 0.1) is 13.7 Å². The van der Waals surface area contributed by atoms with Crippen LogP contribution in [0.25, 0.3) is 0 Å². The van der Waals surface area contributed by atoms with E-state index in [0.717, 1.165) is 17.9 Å². The highest BCUT2D eigenvalue weighted by atomic mass is 32.2. The van der Waals surface area contributed by atoms with Crippen molar-refractivity contribution in [3.8, 4) is 5.75 Å². The first-order valence-electron chi connectivity index (χ1n) is 5.24. The van der Waals surface area contributed by atoms with Gasteiger partial charge >= 0.3 is 0 Å². The highest BCUT2D eigenvalue weighted by molar-refractivity contribution is 7.99. The maximum atomic E-state index is 9.01. The van der Waals surface area contributed by atoms with E-state index in [9.17, 15) is 0 Å². The monoisotopic (exact) mass is 241 g/mol. The summed E-state index contributed by atoms with van der Waals surface area (Å²) in [4.78, 5) is 1.19. The van der Waals surface area contributed by atoms with E-state index in [1.165, 1.54) is 4.90 Å². The normalized spacial score (nSPS) is 14.5. The molecule has 0 saturated carbocycles. The van der Waals surface area contributed by atoms with Gasteiger partial charge in [-0.3, -0.25) is 0 Å². The molecule has 90 valence electrons. The maximum Gasteiger partial charge on any atom is 0.118 e. The van der Waals surface area contributed by atoms with Crippen molar-refractivity contribution in [3.05, 3.63) is 24.3 Å². The van der Waals surface area contributed by atoms with Crippen molar-refractivity contribution in [2.45, 2.75) is 23.8 Å². The Morgan fingerprint density at radius 3 is 2.50 bits per heavy atom. The van der Waals surface area contributed by atoms with Crippen LogP contribution in [0.5, 0.6) is 5.75 Å². The molecular weight excluding hydrogens is 222 g/mol. The van der Waals surface area contributed by atoms with Gasteiger partial charge in [0.15, 0.2) is 0 Å². The van der Waals surface area contributed by atoms with Crippen LogP contribution < -0.4 is 10.5 Å². The molecular formula is C12H19NO2S. The number of rotatable bonds is 6. The molecule has 1 atom stereocenters. The molecule has 0 spiro atoms. The molecule has 4 heteroatoms. The lowest BCUT2D eigenvalue weighted by Gasteiger charge is -2.20. The van der Waals surface area contributed by atoms with Gasteiger partial charge in [-0.15, -0.1) is 11.8 Å². The molecule has 0 radical (unpaired) electrons. The zero-order chi connectivity index (χ0) is 12.0. The summed E-state index contributed by atoms with van der Waals surface area (Å²) in [6.07, 6.45) is 0.792. The Bertz CT molecular complexity index is 311. The quantitative estimate of drug-likeness (QED) is 0.747. The Labute approximate surface area is 101 Å². The number of hydrogen-bond donors (Lipinski definition) is 2. The van der Waals surface area contributed by atoms with Crippen molar-refractivity contribution < 1.29 is 9.84 Å². The van der Waals surface area contributed by atoms with Gasteiger partial charge in [0.2, 0.25) is 0 Å². The number of methoxy groups -OCH3 is 1. The second kappa shape index (κ2) is 6.13. The van der Waals surface area contributed by atoms with Crippen LogP contribution in [-0.4, -0.2) is 30.1 Å². The van der Waals surface area contributed by atoms with Gasteiger partial charge in [-0.1, -0.05) is 0 Å². The summed E-state index contributed by atoms with van der Waals surface area (Å²) < 4.78 is 5.08. The minimum atomic E-state index is -0.473. The number of hydrogen-bond acceptors (Lipinski definition) is 4. The zero-order valence-corrected chi connectivity index (χ0v) is 10.6. The second-order valence-electron chi connectivity index (χ2n) is 4.09. The van der Waals surface area contributed by atoms with Gasteiger partial charge in [0, 0.05) is 10.4 Å². The van der Waals surface area contributed by atoms with E-state index in [0.29, 0.717) is 0 Å². The summed E-state index contributed by atoms with van der Waals surface area (Å²) >= 11 is 1.74. The Morgan fingerprint density at radius 2 is 2.00 bits per heavy atom. The highest BCUT2D eigenvalue weighted by Crippen LogP contribution is 2.23. The van der Waals surface area contributed by atoms with Crippen LogP contribution in [0.1, 0.15) is 13.3 Å². The molecule has 0 saturated heterocycles. The topological polar surface area (TPSA) is 55.5 Å². The molecule has 1 unspecified atom stereocenters. The van der Waals surface area contributed by atoms with Gasteiger partial charge in [-0.25, -0.2) is 0 Å². The van der Waals surface area contributed by atoms with Crippen molar-refractivity contribution in [1.82, 2.24) is 0 Å². The molecule has 3 nitrogen and oxygen atoms in total. The third-order valence-corrected chi connectivity index (χ3v) is 3.38. The summed E-state index contributed by atoms with van der Waals surface area (Å²) in [5, 5.41) is 9.01. The fraction of sp³-hybridized carbons (Fsp3) is 0.500. The maximum absolute atomic E-state index is 9.01. The van der Waals surface area contributed by atoms with Crippen LogP contribution in [0.3, 0.4) is 0 Å². The molecule has 1 rings (SSSR count). The average molecular weight is 241 g/mol. The zero-order valence-electron chi connectivity index (χ0n) is 9.77. The smallest absolute Gasteiger partial charge is 0.118 e. The summed E-state index contributed by atoms with van der Waals surface area (Å²) in [7, 11) is 1.66. The first-order chi connectivity index (χ1) is 7.57. The van der Waals surface area contributed by atoms with E-state index in [2.05, 4.69) is 0 Å². The fourth-order valence-electron chi connectivity index (χ4n) is 1.15. The molecule has 0 aromatic heterocycles. The summed E-state index contributed by atoms with van der Waals surface area (Å²) in [6.45, 7) is 1.89. The largest absolute Gasteiger partial charge is 0.497 e. The fourth-order valence-corrected chi connectivity index (χ4v) is 2.29. The average Bonchev–Trinajstić information content (AvgIpc) is 2.30. The molecule has 1 aromatic rings. The molecule has 3 N–H and O–H groups in total. The van der Waals surface area contributed by atoms with Crippen molar-refractivity contribution >= 4 is 11.8 Å². The molecule has 0 bridgehead atoms. The molecule has 0 aliphatic rings. The molecule has 0 heterocycles. The first kappa shape index (κ1) is 13.4. The van der Waals surface area contributed by atoms with Crippen molar-refractivity contribution in [2.75, 3.05) is 19.5 Å².